The number of aromatic nitrogens is 2. The van der Waals surface area contributed by atoms with Crippen molar-refractivity contribution >= 4 is 12.0 Å². The second-order valence-electron chi connectivity index (χ2n) is 6.35. The van der Waals surface area contributed by atoms with Gasteiger partial charge in [0.05, 0.1) is 13.7 Å². The molecule has 0 aliphatic heterocycles. The Hall–Kier alpha value is -3.61. The molecule has 0 atom stereocenters. The summed E-state index contributed by atoms with van der Waals surface area (Å²) in [5.74, 6) is 1.42. The number of aryl methyl sites for hydroxylation is 1. The molecule has 156 valence electrons. The smallest absolute Gasteiger partial charge is 0.331 e. The lowest BCUT2D eigenvalue weighted by molar-refractivity contribution is -0.139. The summed E-state index contributed by atoms with van der Waals surface area (Å²) < 4.78 is 21.1. The molecule has 30 heavy (non-hydrogen) atoms. The molecule has 0 saturated heterocycles. The van der Waals surface area contributed by atoms with Crippen molar-refractivity contribution in [2.24, 2.45) is 0 Å². The van der Waals surface area contributed by atoms with Gasteiger partial charge in [-0.25, -0.2) is 4.79 Å². The second kappa shape index (κ2) is 10.2. The van der Waals surface area contributed by atoms with Crippen LogP contribution in [0.4, 0.5) is 0 Å². The molecule has 0 unspecified atom stereocenters. The minimum absolute atomic E-state index is 0.101. The highest BCUT2D eigenvalue weighted by atomic mass is 16.6. The monoisotopic (exact) mass is 408 g/mol. The van der Waals surface area contributed by atoms with Gasteiger partial charge in [0.15, 0.2) is 18.1 Å². The first-order valence-electron chi connectivity index (χ1n) is 9.70. The molecule has 0 aliphatic rings. The molecule has 3 rings (SSSR count). The maximum Gasteiger partial charge on any atom is 0.331 e. The average molecular weight is 408 g/mol. The van der Waals surface area contributed by atoms with E-state index in [0.29, 0.717) is 23.9 Å². The Morgan fingerprint density at radius 2 is 1.90 bits per heavy atom. The number of methoxy groups -OCH3 is 1. The van der Waals surface area contributed by atoms with Crippen molar-refractivity contribution in [3.8, 4) is 22.9 Å². The third-order valence-electron chi connectivity index (χ3n) is 4.33. The van der Waals surface area contributed by atoms with Gasteiger partial charge in [-0.15, -0.1) is 0 Å². The Kier molecular flexibility index (Phi) is 7.21. The number of benzene rings is 2. The summed E-state index contributed by atoms with van der Waals surface area (Å²) in [6.07, 6.45) is 3.93. The molecule has 3 aromatic rings. The molecule has 0 bridgehead atoms. The van der Waals surface area contributed by atoms with E-state index >= 15 is 0 Å². The highest BCUT2D eigenvalue weighted by molar-refractivity contribution is 5.87. The lowest BCUT2D eigenvalue weighted by atomic mass is 10.1. The van der Waals surface area contributed by atoms with Crippen LogP contribution in [0, 0.1) is 0 Å². The standard InChI is InChI=1S/C23H24N2O5/c1-4-16-6-10-18(11-7-16)23-24-21(30-25-23)15-29-22(26)13-9-17-8-12-19(27-3)20(14-17)28-5-2/h6-14H,4-5,15H2,1-3H3/b13-9+. The van der Waals surface area contributed by atoms with Gasteiger partial charge < -0.3 is 18.7 Å². The highest BCUT2D eigenvalue weighted by Crippen LogP contribution is 2.28. The van der Waals surface area contributed by atoms with Crippen molar-refractivity contribution in [3.05, 3.63) is 65.6 Å². The zero-order valence-corrected chi connectivity index (χ0v) is 17.3. The molecule has 7 nitrogen and oxygen atoms in total. The molecule has 0 amide bonds. The van der Waals surface area contributed by atoms with E-state index in [1.54, 1.807) is 25.3 Å². The molecule has 0 spiro atoms. The van der Waals surface area contributed by atoms with E-state index in [1.807, 2.05) is 37.3 Å². The molecular formula is C23H24N2O5. The zero-order valence-electron chi connectivity index (χ0n) is 17.3. The number of ether oxygens (including phenoxy) is 3. The SMILES string of the molecule is CCOc1cc(/C=C/C(=O)OCc2nc(-c3ccc(CC)cc3)no2)ccc1OC. The number of hydrogen-bond acceptors (Lipinski definition) is 7. The largest absolute Gasteiger partial charge is 0.493 e. The first-order valence-corrected chi connectivity index (χ1v) is 9.70. The lowest BCUT2D eigenvalue weighted by Gasteiger charge is -2.09. The topological polar surface area (TPSA) is 83.7 Å². The van der Waals surface area contributed by atoms with Crippen LogP contribution in [0.2, 0.25) is 0 Å². The molecule has 0 saturated carbocycles. The van der Waals surface area contributed by atoms with E-state index < -0.39 is 5.97 Å². The molecule has 7 heteroatoms. The summed E-state index contributed by atoms with van der Waals surface area (Å²) in [6, 6.07) is 13.3. The quantitative estimate of drug-likeness (QED) is 0.382. The molecule has 0 aliphatic carbocycles. The van der Waals surface area contributed by atoms with Crippen molar-refractivity contribution in [2.75, 3.05) is 13.7 Å². The van der Waals surface area contributed by atoms with Crippen LogP contribution < -0.4 is 9.47 Å². The minimum Gasteiger partial charge on any atom is -0.493 e. The fourth-order valence-corrected chi connectivity index (χ4v) is 2.73. The van der Waals surface area contributed by atoms with E-state index in [1.165, 1.54) is 11.6 Å². The van der Waals surface area contributed by atoms with Crippen molar-refractivity contribution < 1.29 is 23.5 Å². The van der Waals surface area contributed by atoms with Crippen molar-refractivity contribution in [2.45, 2.75) is 26.9 Å². The molecule has 0 fully saturated rings. The molecular weight excluding hydrogens is 384 g/mol. The first-order chi connectivity index (χ1) is 14.6. The Bertz CT molecular complexity index is 1010. The fraction of sp³-hybridized carbons (Fsp3) is 0.261. The van der Waals surface area contributed by atoms with Crippen molar-refractivity contribution in [1.29, 1.82) is 0 Å². The van der Waals surface area contributed by atoms with Gasteiger partial charge >= 0.3 is 5.97 Å². The van der Waals surface area contributed by atoms with Crippen LogP contribution in [-0.4, -0.2) is 29.8 Å². The maximum atomic E-state index is 12.0. The summed E-state index contributed by atoms with van der Waals surface area (Å²) in [4.78, 5) is 16.3. The molecule has 2 aromatic carbocycles. The second-order valence-corrected chi connectivity index (χ2v) is 6.35. The van der Waals surface area contributed by atoms with Gasteiger partial charge in [0, 0.05) is 11.6 Å². The maximum absolute atomic E-state index is 12.0. The molecule has 1 aromatic heterocycles. The van der Waals surface area contributed by atoms with Gasteiger partial charge in [-0.3, -0.25) is 0 Å². The third-order valence-corrected chi connectivity index (χ3v) is 4.33. The van der Waals surface area contributed by atoms with Gasteiger partial charge in [0.2, 0.25) is 5.82 Å². The Labute approximate surface area is 175 Å². The molecule has 1 heterocycles. The molecule has 0 N–H and O–H groups in total. The van der Waals surface area contributed by atoms with Crippen molar-refractivity contribution in [3.63, 3.8) is 0 Å². The van der Waals surface area contributed by atoms with E-state index in [2.05, 4.69) is 17.1 Å². The van der Waals surface area contributed by atoms with E-state index in [0.717, 1.165) is 17.5 Å². The fourth-order valence-electron chi connectivity index (χ4n) is 2.73. The van der Waals surface area contributed by atoms with E-state index in [4.69, 9.17) is 18.7 Å². The molecule has 0 radical (unpaired) electrons. The number of rotatable bonds is 9. The van der Waals surface area contributed by atoms with Crippen LogP contribution in [0.5, 0.6) is 11.5 Å². The van der Waals surface area contributed by atoms with Crippen LogP contribution >= 0.6 is 0 Å². The van der Waals surface area contributed by atoms with Crippen LogP contribution in [0.25, 0.3) is 17.5 Å². The van der Waals surface area contributed by atoms with Crippen LogP contribution in [0.15, 0.2) is 53.1 Å². The van der Waals surface area contributed by atoms with Gasteiger partial charge in [-0.1, -0.05) is 42.4 Å². The zero-order chi connectivity index (χ0) is 21.3. The van der Waals surface area contributed by atoms with Gasteiger partial charge in [-0.2, -0.15) is 4.98 Å². The predicted molar refractivity (Wildman–Crippen MR) is 112 cm³/mol. The van der Waals surface area contributed by atoms with Crippen LogP contribution in [0.1, 0.15) is 30.9 Å². The Morgan fingerprint density at radius 1 is 1.10 bits per heavy atom. The van der Waals surface area contributed by atoms with Gasteiger partial charge in [0.1, 0.15) is 0 Å². The van der Waals surface area contributed by atoms with Crippen LogP contribution in [0.3, 0.4) is 0 Å². The Balaban J connectivity index is 1.57. The van der Waals surface area contributed by atoms with E-state index in [-0.39, 0.29) is 12.5 Å². The normalized spacial score (nSPS) is 10.9. The number of hydrogen-bond donors (Lipinski definition) is 0. The van der Waals surface area contributed by atoms with Gasteiger partial charge in [0.25, 0.3) is 5.89 Å². The summed E-state index contributed by atoms with van der Waals surface area (Å²) in [6.45, 7) is 4.40. The third kappa shape index (κ3) is 5.47. The van der Waals surface area contributed by atoms with Crippen molar-refractivity contribution in [1.82, 2.24) is 10.1 Å². The predicted octanol–water partition coefficient (Wildman–Crippen LogP) is 4.46. The number of carbonyl (C=O) groups is 1. The summed E-state index contributed by atoms with van der Waals surface area (Å²) in [5.41, 5.74) is 2.86. The summed E-state index contributed by atoms with van der Waals surface area (Å²) >= 11 is 0. The highest BCUT2D eigenvalue weighted by Gasteiger charge is 2.10. The minimum atomic E-state index is -0.518. The number of carbonyl (C=O) groups excluding carboxylic acids is 1. The lowest BCUT2D eigenvalue weighted by Crippen LogP contribution is -2.01. The van der Waals surface area contributed by atoms with E-state index in [9.17, 15) is 4.79 Å². The first kappa shape index (κ1) is 21.1. The Morgan fingerprint density at radius 3 is 2.60 bits per heavy atom. The van der Waals surface area contributed by atoms with Crippen LogP contribution in [-0.2, 0) is 22.6 Å². The summed E-state index contributed by atoms with van der Waals surface area (Å²) in [5, 5.41) is 3.94. The van der Waals surface area contributed by atoms with Gasteiger partial charge in [-0.05, 0) is 42.7 Å². The summed E-state index contributed by atoms with van der Waals surface area (Å²) in [7, 11) is 1.58. The number of nitrogens with zero attached hydrogens (tertiary/aromatic N) is 2. The average Bonchev–Trinajstić information content (AvgIpc) is 3.26. The number of esters is 1.